The number of hydrogen-bond donors (Lipinski definition) is 0. The summed E-state index contributed by atoms with van der Waals surface area (Å²) in [4.78, 5) is 9.37. The lowest BCUT2D eigenvalue weighted by Crippen LogP contribution is -1.93. The Morgan fingerprint density at radius 1 is 0.739 bits per heavy atom. The van der Waals surface area contributed by atoms with Gasteiger partial charge in [0.15, 0.2) is 0 Å². The zero-order valence-electron chi connectivity index (χ0n) is 12.9. The number of rotatable bonds is 2. The van der Waals surface area contributed by atoms with Crippen molar-refractivity contribution in [1.82, 2.24) is 9.97 Å². The summed E-state index contributed by atoms with van der Waals surface area (Å²) < 4.78 is 0. The van der Waals surface area contributed by atoms with Crippen molar-refractivity contribution in [3.8, 4) is 22.4 Å². The smallest absolute Gasteiger partial charge is 0.0974 e. The van der Waals surface area contributed by atoms with Gasteiger partial charge in [-0.2, -0.15) is 0 Å². The molecule has 0 N–H and O–H groups in total. The minimum absolute atomic E-state index is 0.934. The molecule has 0 aliphatic carbocycles. The van der Waals surface area contributed by atoms with Crippen molar-refractivity contribution in [2.45, 2.75) is 6.92 Å². The number of hydrogen-bond acceptors (Lipinski definition) is 2. The molecule has 2 heteroatoms. The molecule has 0 radical (unpaired) electrons. The highest BCUT2D eigenvalue weighted by molar-refractivity contribution is 6.00. The molecule has 110 valence electrons. The fourth-order valence-corrected chi connectivity index (χ4v) is 2.94. The lowest BCUT2D eigenvalue weighted by molar-refractivity contribution is 1.23. The Labute approximate surface area is 135 Å². The largest absolute Gasteiger partial charge is 0.254 e. The molecule has 23 heavy (non-hydrogen) atoms. The van der Waals surface area contributed by atoms with Crippen molar-refractivity contribution in [3.63, 3.8) is 0 Å². The van der Waals surface area contributed by atoms with Gasteiger partial charge >= 0.3 is 0 Å². The number of nitrogens with zero attached hydrogens (tertiary/aromatic N) is 2. The van der Waals surface area contributed by atoms with E-state index in [4.69, 9.17) is 4.98 Å². The lowest BCUT2D eigenvalue weighted by Gasteiger charge is -2.11. The molecular formula is C21H16N2. The second-order valence-corrected chi connectivity index (χ2v) is 5.60. The Morgan fingerprint density at radius 2 is 1.39 bits per heavy atom. The quantitative estimate of drug-likeness (QED) is 0.503. The van der Waals surface area contributed by atoms with E-state index in [2.05, 4.69) is 53.5 Å². The Balaban J connectivity index is 2.05. The van der Waals surface area contributed by atoms with E-state index < -0.39 is 0 Å². The van der Waals surface area contributed by atoms with Crippen LogP contribution in [-0.4, -0.2) is 9.97 Å². The standard InChI is InChI=1S/C21H16N2/c1-15-14-19(16-8-4-2-5-9-16)18-12-13-22-20(21(18)23-15)17-10-6-3-7-11-17/h2-14H,1H3. The van der Waals surface area contributed by atoms with Gasteiger partial charge in [-0.15, -0.1) is 0 Å². The van der Waals surface area contributed by atoms with Gasteiger partial charge in [0.2, 0.25) is 0 Å². The van der Waals surface area contributed by atoms with Crippen molar-refractivity contribution in [1.29, 1.82) is 0 Å². The van der Waals surface area contributed by atoms with E-state index >= 15 is 0 Å². The maximum absolute atomic E-state index is 4.78. The zero-order valence-corrected chi connectivity index (χ0v) is 12.9. The SMILES string of the molecule is Cc1cc(-c2ccccc2)c2ccnc(-c3ccccc3)c2n1. The molecule has 0 spiro atoms. The van der Waals surface area contributed by atoms with Crippen molar-refractivity contribution in [2.75, 3.05) is 0 Å². The van der Waals surface area contributed by atoms with E-state index in [1.165, 1.54) is 11.1 Å². The molecule has 0 unspecified atom stereocenters. The van der Waals surface area contributed by atoms with Crippen LogP contribution >= 0.6 is 0 Å². The highest BCUT2D eigenvalue weighted by atomic mass is 14.8. The van der Waals surface area contributed by atoms with Crippen LogP contribution in [0.3, 0.4) is 0 Å². The monoisotopic (exact) mass is 296 g/mol. The molecule has 2 heterocycles. The second-order valence-electron chi connectivity index (χ2n) is 5.60. The van der Waals surface area contributed by atoms with Crippen LogP contribution in [0.5, 0.6) is 0 Å². The predicted molar refractivity (Wildman–Crippen MR) is 95.1 cm³/mol. The lowest BCUT2D eigenvalue weighted by atomic mass is 9.99. The molecule has 4 rings (SSSR count). The first-order valence-electron chi connectivity index (χ1n) is 7.70. The molecule has 0 aliphatic heterocycles. The van der Waals surface area contributed by atoms with Crippen LogP contribution in [0.2, 0.25) is 0 Å². The first-order chi connectivity index (χ1) is 11.3. The average molecular weight is 296 g/mol. The van der Waals surface area contributed by atoms with E-state index in [-0.39, 0.29) is 0 Å². The van der Waals surface area contributed by atoms with Gasteiger partial charge in [-0.1, -0.05) is 60.7 Å². The maximum Gasteiger partial charge on any atom is 0.0974 e. The molecule has 2 aromatic heterocycles. The fraction of sp³-hybridized carbons (Fsp3) is 0.0476. The Morgan fingerprint density at radius 3 is 2.09 bits per heavy atom. The highest BCUT2D eigenvalue weighted by Gasteiger charge is 2.11. The van der Waals surface area contributed by atoms with Crippen molar-refractivity contribution >= 4 is 10.9 Å². The van der Waals surface area contributed by atoms with Crippen LogP contribution < -0.4 is 0 Å². The third-order valence-corrected chi connectivity index (χ3v) is 3.99. The molecule has 0 saturated heterocycles. The number of aromatic nitrogens is 2. The van der Waals surface area contributed by atoms with Crippen LogP contribution in [0, 0.1) is 6.92 Å². The summed E-state index contributed by atoms with van der Waals surface area (Å²) in [6.07, 6.45) is 1.87. The van der Waals surface area contributed by atoms with Crippen molar-refractivity contribution in [2.24, 2.45) is 0 Å². The number of pyridine rings is 2. The van der Waals surface area contributed by atoms with Crippen LogP contribution in [0.15, 0.2) is 79.0 Å². The highest BCUT2D eigenvalue weighted by Crippen LogP contribution is 2.32. The van der Waals surface area contributed by atoms with Crippen LogP contribution in [0.1, 0.15) is 5.69 Å². The van der Waals surface area contributed by atoms with Gasteiger partial charge in [0, 0.05) is 22.8 Å². The molecule has 2 aromatic carbocycles. The third kappa shape index (κ3) is 2.49. The van der Waals surface area contributed by atoms with Crippen molar-refractivity contribution in [3.05, 3.63) is 84.7 Å². The van der Waals surface area contributed by atoms with Gasteiger partial charge in [-0.25, -0.2) is 0 Å². The van der Waals surface area contributed by atoms with E-state index in [9.17, 15) is 0 Å². The summed E-state index contributed by atoms with van der Waals surface area (Å²) in [6.45, 7) is 2.04. The van der Waals surface area contributed by atoms with Crippen LogP contribution in [-0.2, 0) is 0 Å². The summed E-state index contributed by atoms with van der Waals surface area (Å²) in [5.41, 5.74) is 6.39. The van der Waals surface area contributed by atoms with Crippen LogP contribution in [0.4, 0.5) is 0 Å². The molecular weight excluding hydrogens is 280 g/mol. The van der Waals surface area contributed by atoms with Gasteiger partial charge in [0.05, 0.1) is 11.2 Å². The number of benzene rings is 2. The molecule has 0 fully saturated rings. The Bertz CT molecular complexity index is 961. The molecule has 0 aliphatic rings. The molecule has 0 saturated carbocycles. The Kier molecular flexibility index (Phi) is 3.35. The molecule has 2 nitrogen and oxygen atoms in total. The zero-order chi connectivity index (χ0) is 15.6. The third-order valence-electron chi connectivity index (χ3n) is 3.99. The molecule has 4 aromatic rings. The van der Waals surface area contributed by atoms with Gasteiger partial charge in [0.1, 0.15) is 0 Å². The summed E-state index contributed by atoms with van der Waals surface area (Å²) >= 11 is 0. The van der Waals surface area contributed by atoms with E-state index in [1.54, 1.807) is 0 Å². The van der Waals surface area contributed by atoms with Crippen molar-refractivity contribution < 1.29 is 0 Å². The minimum atomic E-state index is 0.934. The van der Waals surface area contributed by atoms with Gasteiger partial charge < -0.3 is 0 Å². The number of fused-ring (bicyclic) bond motifs is 1. The van der Waals surface area contributed by atoms with E-state index in [0.29, 0.717) is 0 Å². The summed E-state index contributed by atoms with van der Waals surface area (Å²) in [5.74, 6) is 0. The molecule has 0 atom stereocenters. The topological polar surface area (TPSA) is 25.8 Å². The summed E-state index contributed by atoms with van der Waals surface area (Å²) in [5, 5.41) is 1.13. The van der Waals surface area contributed by atoms with Gasteiger partial charge in [-0.05, 0) is 30.2 Å². The molecule has 0 bridgehead atoms. The van der Waals surface area contributed by atoms with E-state index in [0.717, 1.165) is 27.9 Å². The minimum Gasteiger partial charge on any atom is -0.254 e. The normalized spacial score (nSPS) is 10.8. The number of aryl methyl sites for hydroxylation is 1. The van der Waals surface area contributed by atoms with Crippen LogP contribution in [0.25, 0.3) is 33.3 Å². The first kappa shape index (κ1) is 13.6. The maximum atomic E-state index is 4.78. The average Bonchev–Trinajstić information content (AvgIpc) is 2.62. The first-order valence-corrected chi connectivity index (χ1v) is 7.70. The second kappa shape index (κ2) is 5.65. The van der Waals surface area contributed by atoms with E-state index in [1.807, 2.05) is 37.4 Å². The Hall–Kier alpha value is -3.00. The fourth-order valence-electron chi connectivity index (χ4n) is 2.94. The van der Waals surface area contributed by atoms with Gasteiger partial charge in [-0.3, -0.25) is 9.97 Å². The molecule has 0 amide bonds. The summed E-state index contributed by atoms with van der Waals surface area (Å²) in [7, 11) is 0. The summed E-state index contributed by atoms with van der Waals surface area (Å²) in [6, 6.07) is 24.9. The predicted octanol–water partition coefficient (Wildman–Crippen LogP) is 5.27. The van der Waals surface area contributed by atoms with Gasteiger partial charge in [0.25, 0.3) is 0 Å².